The highest BCUT2D eigenvalue weighted by Gasteiger charge is 2.19. The molecule has 1 aromatic carbocycles. The number of alkyl halides is 2. The number of ether oxygens (including phenoxy) is 1. The van der Waals surface area contributed by atoms with E-state index >= 15 is 0 Å². The molecule has 0 fully saturated rings. The Bertz CT molecular complexity index is 461. The van der Waals surface area contributed by atoms with Gasteiger partial charge >= 0.3 is 6.61 Å². The van der Waals surface area contributed by atoms with Crippen LogP contribution in [0, 0.1) is 5.82 Å². The van der Waals surface area contributed by atoms with Crippen LogP contribution in [0.15, 0.2) is 23.1 Å². The minimum absolute atomic E-state index is 0.515. The van der Waals surface area contributed by atoms with E-state index in [2.05, 4.69) is 4.74 Å². The van der Waals surface area contributed by atoms with E-state index < -0.39 is 32.1 Å². The van der Waals surface area contributed by atoms with Crippen LogP contribution < -0.4 is 4.74 Å². The van der Waals surface area contributed by atoms with Crippen molar-refractivity contribution in [3.63, 3.8) is 0 Å². The Labute approximate surface area is 87.8 Å². The van der Waals surface area contributed by atoms with Crippen LogP contribution >= 0.6 is 10.7 Å². The van der Waals surface area contributed by atoms with E-state index in [-0.39, 0.29) is 0 Å². The average Bonchev–Trinajstić information content (AvgIpc) is 1.99. The number of benzene rings is 1. The Balaban J connectivity index is 3.27. The van der Waals surface area contributed by atoms with Gasteiger partial charge in [-0.1, -0.05) is 0 Å². The van der Waals surface area contributed by atoms with Crippen LogP contribution in [0.4, 0.5) is 13.2 Å². The lowest BCUT2D eigenvalue weighted by Gasteiger charge is -2.07. The summed E-state index contributed by atoms with van der Waals surface area (Å²) in [6.07, 6.45) is 0. The fourth-order valence-electron chi connectivity index (χ4n) is 0.871. The van der Waals surface area contributed by atoms with Crippen LogP contribution in [0.2, 0.25) is 0 Å². The topological polar surface area (TPSA) is 43.4 Å². The third-order valence-corrected chi connectivity index (χ3v) is 2.75. The first kappa shape index (κ1) is 12.1. The van der Waals surface area contributed by atoms with E-state index in [0.717, 1.165) is 12.1 Å². The van der Waals surface area contributed by atoms with Crippen molar-refractivity contribution in [3.8, 4) is 5.75 Å². The number of halogens is 4. The first-order valence-corrected chi connectivity index (χ1v) is 5.80. The highest BCUT2D eigenvalue weighted by Crippen LogP contribution is 2.28. The molecule has 0 amide bonds. The highest BCUT2D eigenvalue weighted by atomic mass is 35.7. The second-order valence-electron chi connectivity index (χ2n) is 2.41. The summed E-state index contributed by atoms with van der Waals surface area (Å²) in [5, 5.41) is 0. The van der Waals surface area contributed by atoms with Gasteiger partial charge in [0.2, 0.25) is 0 Å². The van der Waals surface area contributed by atoms with Crippen molar-refractivity contribution in [1.29, 1.82) is 0 Å². The van der Waals surface area contributed by atoms with Gasteiger partial charge in [0.25, 0.3) is 9.05 Å². The van der Waals surface area contributed by atoms with Crippen molar-refractivity contribution in [2.75, 3.05) is 0 Å². The second-order valence-corrected chi connectivity index (χ2v) is 4.94. The van der Waals surface area contributed by atoms with Gasteiger partial charge in [-0.15, -0.1) is 0 Å². The normalized spacial score (nSPS) is 11.8. The summed E-state index contributed by atoms with van der Waals surface area (Å²) in [7, 11) is 0.676. The van der Waals surface area contributed by atoms with E-state index in [1.54, 1.807) is 0 Å². The molecule has 3 nitrogen and oxygen atoms in total. The fraction of sp³-hybridized carbons (Fsp3) is 0.143. The van der Waals surface area contributed by atoms with Gasteiger partial charge in [-0.2, -0.15) is 8.78 Å². The lowest BCUT2D eigenvalue weighted by Crippen LogP contribution is -2.06. The maximum atomic E-state index is 12.6. The molecule has 15 heavy (non-hydrogen) atoms. The second kappa shape index (κ2) is 4.28. The SMILES string of the molecule is O=S(=O)(Cl)c1ccc(F)cc1OC(F)F. The summed E-state index contributed by atoms with van der Waals surface area (Å²) < 4.78 is 61.8. The molecule has 1 rings (SSSR count). The Kier molecular flexibility index (Phi) is 3.46. The Morgan fingerprint density at radius 1 is 1.33 bits per heavy atom. The van der Waals surface area contributed by atoms with Crippen LogP contribution in [-0.4, -0.2) is 15.0 Å². The molecule has 0 saturated carbocycles. The Hall–Kier alpha value is -0.950. The van der Waals surface area contributed by atoms with Crippen molar-refractivity contribution in [2.45, 2.75) is 11.5 Å². The molecule has 8 heteroatoms. The third kappa shape index (κ3) is 3.28. The first-order chi connectivity index (χ1) is 6.80. The Morgan fingerprint density at radius 3 is 2.40 bits per heavy atom. The largest absolute Gasteiger partial charge is 0.433 e. The van der Waals surface area contributed by atoms with E-state index in [1.165, 1.54) is 0 Å². The van der Waals surface area contributed by atoms with Crippen LogP contribution in [0.3, 0.4) is 0 Å². The minimum Gasteiger partial charge on any atom is -0.433 e. The summed E-state index contributed by atoms with van der Waals surface area (Å²) in [6.45, 7) is -3.26. The molecule has 0 spiro atoms. The van der Waals surface area contributed by atoms with Crippen LogP contribution in [0.5, 0.6) is 5.75 Å². The van der Waals surface area contributed by atoms with E-state index in [1.807, 2.05) is 0 Å². The summed E-state index contributed by atoms with van der Waals surface area (Å²) in [6, 6.07) is 2.03. The fourth-order valence-corrected chi connectivity index (χ4v) is 1.83. The molecule has 0 saturated heterocycles. The van der Waals surface area contributed by atoms with Gasteiger partial charge in [-0.05, 0) is 12.1 Å². The molecule has 0 N–H and O–H groups in total. The number of rotatable bonds is 3. The predicted octanol–water partition coefficient (Wildman–Crippen LogP) is 2.35. The van der Waals surface area contributed by atoms with Gasteiger partial charge in [-0.3, -0.25) is 0 Å². The predicted molar refractivity (Wildman–Crippen MR) is 46.1 cm³/mol. The standard InChI is InChI=1S/C7H4ClF3O3S/c8-15(12,13)6-2-1-4(9)3-5(6)14-7(10)11/h1-3,7H. The van der Waals surface area contributed by atoms with Crippen molar-refractivity contribution < 1.29 is 26.3 Å². The molecular weight excluding hydrogens is 257 g/mol. The van der Waals surface area contributed by atoms with E-state index in [0.29, 0.717) is 6.07 Å². The van der Waals surface area contributed by atoms with Crippen molar-refractivity contribution in [3.05, 3.63) is 24.0 Å². The summed E-state index contributed by atoms with van der Waals surface area (Å²) in [5.74, 6) is -1.73. The zero-order chi connectivity index (χ0) is 11.6. The summed E-state index contributed by atoms with van der Waals surface area (Å²) >= 11 is 0. The molecule has 0 radical (unpaired) electrons. The zero-order valence-electron chi connectivity index (χ0n) is 6.95. The molecule has 0 heterocycles. The van der Waals surface area contributed by atoms with Crippen LogP contribution in [0.25, 0.3) is 0 Å². The van der Waals surface area contributed by atoms with E-state index in [4.69, 9.17) is 10.7 Å². The molecule has 84 valence electrons. The Morgan fingerprint density at radius 2 is 1.93 bits per heavy atom. The third-order valence-electron chi connectivity index (χ3n) is 1.38. The average molecular weight is 261 g/mol. The van der Waals surface area contributed by atoms with Gasteiger partial charge in [0, 0.05) is 16.7 Å². The lowest BCUT2D eigenvalue weighted by molar-refractivity contribution is -0.0518. The minimum atomic E-state index is -4.25. The molecule has 0 aliphatic carbocycles. The smallest absolute Gasteiger partial charge is 0.387 e. The highest BCUT2D eigenvalue weighted by molar-refractivity contribution is 8.13. The first-order valence-electron chi connectivity index (χ1n) is 3.50. The molecule has 0 aliphatic heterocycles. The number of hydrogen-bond donors (Lipinski definition) is 0. The van der Waals surface area contributed by atoms with Gasteiger partial charge in [0.05, 0.1) is 0 Å². The molecule has 0 aliphatic rings. The van der Waals surface area contributed by atoms with Crippen molar-refractivity contribution in [2.24, 2.45) is 0 Å². The summed E-state index contributed by atoms with van der Waals surface area (Å²) in [5.41, 5.74) is 0. The van der Waals surface area contributed by atoms with Crippen LogP contribution in [-0.2, 0) is 9.05 Å². The lowest BCUT2D eigenvalue weighted by atomic mass is 10.3. The number of hydrogen-bond acceptors (Lipinski definition) is 3. The van der Waals surface area contributed by atoms with Gasteiger partial charge in [0.15, 0.2) is 0 Å². The molecule has 0 atom stereocenters. The maximum absolute atomic E-state index is 12.6. The molecule has 1 aromatic rings. The molecule has 0 unspecified atom stereocenters. The molecule has 0 bridgehead atoms. The van der Waals surface area contributed by atoms with E-state index in [9.17, 15) is 21.6 Å². The van der Waals surface area contributed by atoms with Gasteiger partial charge in [-0.25, -0.2) is 12.8 Å². The van der Waals surface area contributed by atoms with Gasteiger partial charge < -0.3 is 4.74 Å². The van der Waals surface area contributed by atoms with Crippen LogP contribution in [0.1, 0.15) is 0 Å². The molecular formula is C7H4ClF3O3S. The van der Waals surface area contributed by atoms with Crippen molar-refractivity contribution >= 4 is 19.7 Å². The maximum Gasteiger partial charge on any atom is 0.387 e. The molecule has 0 aromatic heterocycles. The summed E-state index contributed by atoms with van der Waals surface area (Å²) in [4.78, 5) is -0.703. The van der Waals surface area contributed by atoms with Gasteiger partial charge in [0.1, 0.15) is 16.5 Å². The van der Waals surface area contributed by atoms with Crippen molar-refractivity contribution in [1.82, 2.24) is 0 Å². The monoisotopic (exact) mass is 260 g/mol. The quantitative estimate of drug-likeness (QED) is 0.784. The zero-order valence-corrected chi connectivity index (χ0v) is 8.53.